The third kappa shape index (κ3) is 7.15. The lowest BCUT2D eigenvalue weighted by atomic mass is 9.90. The summed E-state index contributed by atoms with van der Waals surface area (Å²) < 4.78 is 10.8. The number of amides is 2. The van der Waals surface area contributed by atoms with Crippen LogP contribution in [0.1, 0.15) is 25.7 Å². The van der Waals surface area contributed by atoms with Gasteiger partial charge in [0, 0.05) is 36.3 Å². The van der Waals surface area contributed by atoms with E-state index in [0.717, 1.165) is 12.8 Å². The molecule has 1 aliphatic rings. The second-order valence-electron chi connectivity index (χ2n) is 7.71. The molecule has 2 atom stereocenters. The molecule has 2 aromatic carbocycles. The number of carbonyl (C=O) groups excluding carboxylic acids is 2. The van der Waals surface area contributed by atoms with E-state index in [0.29, 0.717) is 24.3 Å². The van der Waals surface area contributed by atoms with Crippen molar-refractivity contribution in [2.45, 2.75) is 37.8 Å². The summed E-state index contributed by atoms with van der Waals surface area (Å²) in [5, 5.41) is 27.1. The number of nitrogens with one attached hydrogen (secondary N) is 2. The second kappa shape index (κ2) is 11.6. The van der Waals surface area contributed by atoms with Gasteiger partial charge in [0.15, 0.2) is 13.2 Å². The van der Waals surface area contributed by atoms with Crippen LogP contribution in [-0.4, -0.2) is 47.0 Å². The third-order valence-electron chi connectivity index (χ3n) is 5.29. The SMILES string of the molecule is O=C(COc1ccc([N+](=O)[O-])cc1)NC1CCCCC1NC(=O)COc1ccc([N+](=O)[O-])cc1. The molecule has 0 heterocycles. The molecule has 0 spiro atoms. The minimum Gasteiger partial charge on any atom is -0.484 e. The first-order valence-electron chi connectivity index (χ1n) is 10.6. The Bertz CT molecular complexity index is 943. The Morgan fingerprint density at radius 1 is 0.735 bits per heavy atom. The molecular formula is C22H24N4O8. The summed E-state index contributed by atoms with van der Waals surface area (Å²) in [7, 11) is 0. The summed E-state index contributed by atoms with van der Waals surface area (Å²) in [4.78, 5) is 45.0. The van der Waals surface area contributed by atoms with E-state index in [1.165, 1.54) is 48.5 Å². The number of rotatable bonds is 10. The largest absolute Gasteiger partial charge is 0.484 e. The lowest BCUT2D eigenvalue weighted by Crippen LogP contribution is -2.54. The number of non-ortho nitro benzene ring substituents is 2. The van der Waals surface area contributed by atoms with Gasteiger partial charge in [-0.15, -0.1) is 0 Å². The van der Waals surface area contributed by atoms with Gasteiger partial charge in [-0.2, -0.15) is 0 Å². The van der Waals surface area contributed by atoms with Crippen molar-refractivity contribution < 1.29 is 28.9 Å². The van der Waals surface area contributed by atoms with Gasteiger partial charge in [-0.05, 0) is 37.1 Å². The van der Waals surface area contributed by atoms with E-state index < -0.39 is 9.85 Å². The molecule has 0 radical (unpaired) electrons. The predicted octanol–water partition coefficient (Wildman–Crippen LogP) is 2.50. The first-order chi connectivity index (χ1) is 16.3. The van der Waals surface area contributed by atoms with E-state index >= 15 is 0 Å². The molecule has 3 rings (SSSR count). The Labute approximate surface area is 194 Å². The Kier molecular flexibility index (Phi) is 8.32. The van der Waals surface area contributed by atoms with Crippen LogP contribution in [0.3, 0.4) is 0 Å². The number of hydrogen-bond donors (Lipinski definition) is 2. The van der Waals surface area contributed by atoms with Gasteiger partial charge in [0.1, 0.15) is 11.5 Å². The Morgan fingerprint density at radius 3 is 1.41 bits per heavy atom. The standard InChI is InChI=1S/C22H24N4O8/c27-21(13-33-17-9-5-15(6-10-17)25(29)30)23-19-3-1-2-4-20(19)24-22(28)14-34-18-11-7-16(8-12-18)26(31)32/h5-12,19-20H,1-4,13-14H2,(H,23,27)(H,24,28). The molecule has 2 aromatic rings. The molecular weight excluding hydrogens is 448 g/mol. The van der Waals surface area contributed by atoms with Crippen molar-refractivity contribution in [3.05, 3.63) is 68.8 Å². The zero-order chi connectivity index (χ0) is 24.5. The van der Waals surface area contributed by atoms with E-state index in [2.05, 4.69) is 10.6 Å². The molecule has 2 unspecified atom stereocenters. The molecule has 0 saturated heterocycles. The normalized spacial score (nSPS) is 17.3. The maximum atomic E-state index is 12.3. The van der Waals surface area contributed by atoms with E-state index in [9.17, 15) is 29.8 Å². The maximum absolute atomic E-state index is 12.3. The minimum absolute atomic E-state index is 0.0739. The molecule has 1 fully saturated rings. The number of nitrogens with zero attached hydrogens (tertiary/aromatic N) is 2. The van der Waals surface area contributed by atoms with E-state index in [-0.39, 0.29) is 48.5 Å². The van der Waals surface area contributed by atoms with Crippen LogP contribution >= 0.6 is 0 Å². The minimum atomic E-state index is -0.523. The van der Waals surface area contributed by atoms with E-state index in [1.54, 1.807) is 0 Å². The third-order valence-corrected chi connectivity index (χ3v) is 5.29. The highest BCUT2D eigenvalue weighted by molar-refractivity contribution is 5.79. The van der Waals surface area contributed by atoms with Crippen molar-refractivity contribution in [2.75, 3.05) is 13.2 Å². The highest BCUT2D eigenvalue weighted by atomic mass is 16.6. The fourth-order valence-corrected chi connectivity index (χ4v) is 3.60. The van der Waals surface area contributed by atoms with Crippen LogP contribution in [-0.2, 0) is 9.59 Å². The quantitative estimate of drug-likeness (QED) is 0.393. The zero-order valence-electron chi connectivity index (χ0n) is 18.2. The smallest absolute Gasteiger partial charge is 0.269 e. The first kappa shape index (κ1) is 24.4. The van der Waals surface area contributed by atoms with Crippen molar-refractivity contribution in [3.63, 3.8) is 0 Å². The second-order valence-corrected chi connectivity index (χ2v) is 7.71. The highest BCUT2D eigenvalue weighted by Crippen LogP contribution is 2.20. The summed E-state index contributed by atoms with van der Waals surface area (Å²) in [6, 6.07) is 10.3. The summed E-state index contributed by atoms with van der Waals surface area (Å²) in [5.41, 5.74) is -0.148. The van der Waals surface area contributed by atoms with E-state index in [1.807, 2.05) is 0 Å². The highest BCUT2D eigenvalue weighted by Gasteiger charge is 2.28. The number of hydrogen-bond acceptors (Lipinski definition) is 8. The molecule has 0 bridgehead atoms. The van der Waals surface area contributed by atoms with Crippen molar-refractivity contribution in [2.24, 2.45) is 0 Å². The molecule has 0 aromatic heterocycles. The summed E-state index contributed by atoms with van der Waals surface area (Å²) >= 11 is 0. The van der Waals surface area contributed by atoms with Crippen LogP contribution in [0.5, 0.6) is 11.5 Å². The number of ether oxygens (including phenoxy) is 2. The fraction of sp³-hybridized carbons (Fsp3) is 0.364. The first-order valence-corrected chi connectivity index (χ1v) is 10.6. The van der Waals surface area contributed by atoms with Gasteiger partial charge in [0.05, 0.1) is 9.85 Å². The zero-order valence-corrected chi connectivity index (χ0v) is 18.2. The van der Waals surface area contributed by atoms with Crippen molar-refractivity contribution >= 4 is 23.2 Å². The van der Waals surface area contributed by atoms with Gasteiger partial charge < -0.3 is 20.1 Å². The molecule has 1 aliphatic carbocycles. The van der Waals surface area contributed by atoms with Gasteiger partial charge in [0.25, 0.3) is 23.2 Å². The molecule has 0 aliphatic heterocycles. The van der Waals surface area contributed by atoms with Crippen molar-refractivity contribution in [3.8, 4) is 11.5 Å². The number of nitro groups is 2. The van der Waals surface area contributed by atoms with Gasteiger partial charge in [-0.3, -0.25) is 29.8 Å². The van der Waals surface area contributed by atoms with Crippen LogP contribution in [0.15, 0.2) is 48.5 Å². The summed E-state index contributed by atoms with van der Waals surface area (Å²) in [5.74, 6) is -0.0754. The Morgan fingerprint density at radius 2 is 1.09 bits per heavy atom. The molecule has 2 amide bonds. The van der Waals surface area contributed by atoms with Crippen LogP contribution < -0.4 is 20.1 Å². The van der Waals surface area contributed by atoms with Crippen molar-refractivity contribution in [1.29, 1.82) is 0 Å². The fourth-order valence-electron chi connectivity index (χ4n) is 3.60. The number of nitro benzene ring substituents is 2. The van der Waals surface area contributed by atoms with Gasteiger partial charge in [0.2, 0.25) is 0 Å². The van der Waals surface area contributed by atoms with Crippen LogP contribution in [0.2, 0.25) is 0 Å². The van der Waals surface area contributed by atoms with Gasteiger partial charge in [-0.25, -0.2) is 0 Å². The summed E-state index contributed by atoms with van der Waals surface area (Å²) in [6.45, 7) is -0.531. The average molecular weight is 472 g/mol. The lowest BCUT2D eigenvalue weighted by Gasteiger charge is -2.32. The Hall–Kier alpha value is -4.22. The Balaban J connectivity index is 1.45. The van der Waals surface area contributed by atoms with Crippen molar-refractivity contribution in [1.82, 2.24) is 10.6 Å². The van der Waals surface area contributed by atoms with Crippen LogP contribution in [0.4, 0.5) is 11.4 Å². The molecule has 12 nitrogen and oxygen atoms in total. The molecule has 2 N–H and O–H groups in total. The molecule has 12 heteroatoms. The lowest BCUT2D eigenvalue weighted by molar-refractivity contribution is -0.385. The van der Waals surface area contributed by atoms with E-state index in [4.69, 9.17) is 9.47 Å². The van der Waals surface area contributed by atoms with Gasteiger partial charge in [-0.1, -0.05) is 12.8 Å². The van der Waals surface area contributed by atoms with Crippen LogP contribution in [0, 0.1) is 20.2 Å². The number of benzene rings is 2. The monoisotopic (exact) mass is 472 g/mol. The maximum Gasteiger partial charge on any atom is 0.269 e. The summed E-state index contributed by atoms with van der Waals surface area (Å²) in [6.07, 6.45) is 3.19. The van der Waals surface area contributed by atoms with Gasteiger partial charge >= 0.3 is 0 Å². The number of carbonyl (C=O) groups is 2. The predicted molar refractivity (Wildman–Crippen MR) is 120 cm³/mol. The molecule has 34 heavy (non-hydrogen) atoms. The average Bonchev–Trinajstić information content (AvgIpc) is 2.83. The molecule has 1 saturated carbocycles. The molecule has 180 valence electrons. The topological polar surface area (TPSA) is 163 Å². The van der Waals surface area contributed by atoms with Crippen LogP contribution in [0.25, 0.3) is 0 Å².